The van der Waals surface area contributed by atoms with E-state index in [4.69, 9.17) is 0 Å². The Hall–Kier alpha value is -2.86. The van der Waals surface area contributed by atoms with Crippen molar-refractivity contribution in [3.63, 3.8) is 0 Å². The average molecular weight is 364 g/mol. The highest BCUT2D eigenvalue weighted by molar-refractivity contribution is 5.60. The summed E-state index contributed by atoms with van der Waals surface area (Å²) >= 11 is 0. The summed E-state index contributed by atoms with van der Waals surface area (Å²) in [6, 6.07) is 0. The molecular formula is C28H27. The molecule has 0 saturated carbocycles. The van der Waals surface area contributed by atoms with Crippen LogP contribution in [-0.4, -0.2) is 0 Å². The van der Waals surface area contributed by atoms with Crippen LogP contribution < -0.4 is 0 Å². The van der Waals surface area contributed by atoms with Gasteiger partial charge in [0.05, 0.1) is 5.41 Å². The third-order valence-electron chi connectivity index (χ3n) is 5.68. The second-order valence-electron chi connectivity index (χ2n) is 7.44. The quantitative estimate of drug-likeness (QED) is 0.459. The first-order valence-electron chi connectivity index (χ1n) is 10.3. The number of rotatable bonds is 3. The third kappa shape index (κ3) is 3.73. The van der Waals surface area contributed by atoms with Gasteiger partial charge in [0, 0.05) is 0 Å². The molecule has 1 atom stereocenters. The molecule has 0 aromatic rings. The summed E-state index contributed by atoms with van der Waals surface area (Å²) in [5, 5.41) is 0. The minimum Gasteiger partial charge on any atom is -0.0845 e. The third-order valence-corrected chi connectivity index (χ3v) is 5.68. The highest BCUT2D eigenvalue weighted by Crippen LogP contribution is 2.52. The lowest BCUT2D eigenvalue weighted by atomic mass is 9.62. The fourth-order valence-corrected chi connectivity index (χ4v) is 4.36. The maximum Gasteiger partial charge on any atom is 0.0603 e. The minimum absolute atomic E-state index is 0.271. The van der Waals surface area contributed by atoms with Crippen molar-refractivity contribution in [2.24, 2.45) is 5.41 Å². The largest absolute Gasteiger partial charge is 0.0845 e. The second kappa shape index (κ2) is 8.89. The van der Waals surface area contributed by atoms with Gasteiger partial charge in [-0.1, -0.05) is 103 Å². The van der Waals surface area contributed by atoms with E-state index in [0.29, 0.717) is 0 Å². The van der Waals surface area contributed by atoms with Crippen molar-refractivity contribution in [1.29, 1.82) is 0 Å². The maximum atomic E-state index is 3.78. The number of allylic oxidation sites excluding steroid dienone is 22. The van der Waals surface area contributed by atoms with E-state index in [1.54, 1.807) is 0 Å². The fourth-order valence-electron chi connectivity index (χ4n) is 4.36. The molecule has 28 heavy (non-hydrogen) atoms. The molecule has 0 fully saturated rings. The van der Waals surface area contributed by atoms with Crippen LogP contribution in [0.4, 0.5) is 0 Å². The van der Waals surface area contributed by atoms with Crippen molar-refractivity contribution < 1.29 is 0 Å². The van der Waals surface area contributed by atoms with Crippen LogP contribution in [-0.2, 0) is 0 Å². The van der Waals surface area contributed by atoms with Crippen molar-refractivity contribution in [2.75, 3.05) is 0 Å². The summed E-state index contributed by atoms with van der Waals surface area (Å²) in [7, 11) is 0. The number of hydrogen-bond donors (Lipinski definition) is 0. The summed E-state index contributed by atoms with van der Waals surface area (Å²) in [6.45, 7) is 0. The van der Waals surface area contributed by atoms with Gasteiger partial charge < -0.3 is 0 Å². The second-order valence-corrected chi connectivity index (χ2v) is 7.44. The highest BCUT2D eigenvalue weighted by atomic mass is 14.4. The van der Waals surface area contributed by atoms with Crippen LogP contribution in [0.3, 0.4) is 0 Å². The summed E-state index contributed by atoms with van der Waals surface area (Å²) < 4.78 is 0. The van der Waals surface area contributed by atoms with Gasteiger partial charge in [-0.15, -0.1) is 0 Å². The van der Waals surface area contributed by atoms with E-state index in [9.17, 15) is 0 Å². The van der Waals surface area contributed by atoms with Gasteiger partial charge >= 0.3 is 0 Å². The molecule has 4 aliphatic carbocycles. The van der Waals surface area contributed by atoms with Gasteiger partial charge in [0.25, 0.3) is 0 Å². The van der Waals surface area contributed by atoms with Crippen LogP contribution in [0.1, 0.15) is 32.1 Å². The lowest BCUT2D eigenvalue weighted by Crippen LogP contribution is -2.29. The normalized spacial score (nSPS) is 31.9. The zero-order chi connectivity index (χ0) is 19.1. The Bertz CT molecular complexity index is 929. The molecule has 0 bridgehead atoms. The van der Waals surface area contributed by atoms with E-state index in [2.05, 4.69) is 109 Å². The van der Waals surface area contributed by atoms with Gasteiger partial charge in [0.2, 0.25) is 0 Å². The molecule has 0 spiro atoms. The summed E-state index contributed by atoms with van der Waals surface area (Å²) in [5.74, 6) is 0. The predicted molar refractivity (Wildman–Crippen MR) is 121 cm³/mol. The average Bonchev–Trinajstić information content (AvgIpc) is 3.13. The van der Waals surface area contributed by atoms with E-state index in [1.165, 1.54) is 28.7 Å². The standard InChI is InChI=1S/C28H27/c1-2-10-18-25(19-11-3-1)28(26-20-12-6-7-13-21-26)23-15-14-22-27(28)24-16-8-4-5-9-17-24/h1-4,6-8,10-13,15-16,18-20,23H,5,9,14,17,21H2/b2-1-,3-1?,10-2?,11-3-,18-10-,19-11?,25-18?,25-19+. The van der Waals surface area contributed by atoms with Crippen LogP contribution in [0.25, 0.3) is 0 Å². The molecule has 0 aromatic heterocycles. The molecule has 0 aliphatic heterocycles. The van der Waals surface area contributed by atoms with Gasteiger partial charge in [-0.05, 0) is 60.5 Å². The topological polar surface area (TPSA) is 0 Å². The van der Waals surface area contributed by atoms with Gasteiger partial charge in [-0.25, -0.2) is 0 Å². The zero-order valence-corrected chi connectivity index (χ0v) is 16.4. The molecular weight excluding hydrogens is 336 g/mol. The lowest BCUT2D eigenvalue weighted by molar-refractivity contribution is 0.628. The molecule has 0 heterocycles. The first-order chi connectivity index (χ1) is 13.9. The van der Waals surface area contributed by atoms with Crippen LogP contribution in [0.2, 0.25) is 0 Å². The molecule has 0 N–H and O–H groups in total. The van der Waals surface area contributed by atoms with Crippen molar-refractivity contribution in [2.45, 2.75) is 32.1 Å². The fraction of sp³-hybridized carbons (Fsp3) is 0.214. The smallest absolute Gasteiger partial charge is 0.0603 e. The molecule has 0 aromatic carbocycles. The van der Waals surface area contributed by atoms with Crippen LogP contribution >= 0.6 is 0 Å². The lowest BCUT2D eigenvalue weighted by Gasteiger charge is -2.40. The van der Waals surface area contributed by atoms with Gasteiger partial charge in [-0.2, -0.15) is 0 Å². The molecule has 0 heteroatoms. The van der Waals surface area contributed by atoms with Crippen molar-refractivity contribution >= 4 is 0 Å². The monoisotopic (exact) mass is 363 g/mol. The van der Waals surface area contributed by atoms with E-state index in [1.807, 2.05) is 0 Å². The van der Waals surface area contributed by atoms with Gasteiger partial charge in [0.1, 0.15) is 0 Å². The predicted octanol–water partition coefficient (Wildman–Crippen LogP) is 7.38. The van der Waals surface area contributed by atoms with E-state index < -0.39 is 0 Å². The van der Waals surface area contributed by atoms with Crippen molar-refractivity contribution in [3.05, 3.63) is 132 Å². The molecule has 139 valence electrons. The highest BCUT2D eigenvalue weighted by Gasteiger charge is 2.40. The summed E-state index contributed by atoms with van der Waals surface area (Å²) in [4.78, 5) is 0. The maximum absolute atomic E-state index is 3.78. The van der Waals surface area contributed by atoms with E-state index in [0.717, 1.165) is 25.7 Å². The van der Waals surface area contributed by atoms with Crippen LogP contribution in [0, 0.1) is 11.5 Å². The Balaban J connectivity index is 1.91. The Kier molecular flexibility index (Phi) is 5.87. The van der Waals surface area contributed by atoms with Crippen molar-refractivity contribution in [3.8, 4) is 0 Å². The molecule has 0 amide bonds. The molecule has 4 rings (SSSR count). The Labute approximate surface area is 169 Å². The van der Waals surface area contributed by atoms with E-state index >= 15 is 0 Å². The Morgan fingerprint density at radius 3 is 2.61 bits per heavy atom. The number of hydrogen-bond acceptors (Lipinski definition) is 0. The first kappa shape index (κ1) is 18.5. The van der Waals surface area contributed by atoms with Gasteiger partial charge in [0.15, 0.2) is 0 Å². The summed E-state index contributed by atoms with van der Waals surface area (Å²) in [5.41, 5.74) is 5.19. The molecule has 1 unspecified atom stereocenters. The van der Waals surface area contributed by atoms with Crippen LogP contribution in [0.5, 0.6) is 0 Å². The van der Waals surface area contributed by atoms with Gasteiger partial charge in [-0.3, -0.25) is 0 Å². The molecule has 0 nitrogen and oxygen atoms in total. The molecule has 0 saturated heterocycles. The van der Waals surface area contributed by atoms with Crippen LogP contribution in [0.15, 0.2) is 126 Å². The Morgan fingerprint density at radius 1 is 0.750 bits per heavy atom. The van der Waals surface area contributed by atoms with E-state index in [-0.39, 0.29) is 5.41 Å². The molecule has 1 radical (unpaired) electrons. The minimum atomic E-state index is -0.271. The molecule has 4 aliphatic rings. The zero-order valence-electron chi connectivity index (χ0n) is 16.4. The first-order valence-corrected chi connectivity index (χ1v) is 10.3. The SMILES string of the molecule is [C]1=C(C2=CC=CCCC2)C(C2=CC=CC=CC2)(C2=C/C=C\C=C/C=C\2)C=CC1. The van der Waals surface area contributed by atoms with Crippen molar-refractivity contribution in [1.82, 2.24) is 0 Å². The Morgan fingerprint density at radius 2 is 1.61 bits per heavy atom. The summed E-state index contributed by atoms with van der Waals surface area (Å²) in [6.07, 6.45) is 46.7.